The van der Waals surface area contributed by atoms with Gasteiger partial charge in [-0.25, -0.2) is 0 Å². The molecule has 14 aliphatic carbocycles. The van der Waals surface area contributed by atoms with Crippen molar-refractivity contribution in [2.45, 2.75) is 111 Å². The van der Waals surface area contributed by atoms with Crippen LogP contribution in [0.3, 0.4) is 0 Å². The van der Waals surface area contributed by atoms with E-state index >= 15 is 0 Å². The average molecular weight is 817 g/mol. The molecule has 2 saturated carbocycles. The summed E-state index contributed by atoms with van der Waals surface area (Å²) in [6.07, 6.45) is 17.3. The van der Waals surface area contributed by atoms with E-state index in [1.54, 1.807) is 120 Å². The molecule has 62 heavy (non-hydrogen) atoms. The van der Waals surface area contributed by atoms with E-state index in [-0.39, 0.29) is 16.8 Å². The quantitative estimate of drug-likeness (QED) is 0.113. The number of allylic oxidation sites excluding steroid dienone is 2. The minimum atomic E-state index is -0.443. The number of rotatable bonds is 9. The van der Waals surface area contributed by atoms with Crippen molar-refractivity contribution in [3.63, 3.8) is 0 Å². The predicted octanol–water partition coefficient (Wildman–Crippen LogP) is 7.53. The summed E-state index contributed by atoms with van der Waals surface area (Å²) in [5, 5.41) is 10.2. The first kappa shape index (κ1) is 32.7. The second kappa shape index (κ2) is 9.45. The van der Waals surface area contributed by atoms with Gasteiger partial charge in [-0.1, -0.05) is 34.4 Å². The van der Waals surface area contributed by atoms with Crippen LogP contribution in [0.5, 0.6) is 23.0 Å². The normalized spacial score (nSPS) is 37.2. The average Bonchev–Trinajstić information content (AvgIpc) is 3.96. The molecule has 308 valence electrons. The van der Waals surface area contributed by atoms with E-state index in [0.717, 1.165) is 36.3 Å². The van der Waals surface area contributed by atoms with Gasteiger partial charge in [-0.05, 0) is 181 Å². The molecule has 0 aromatic heterocycles. The molecular formula is C56H48O6. The van der Waals surface area contributed by atoms with E-state index < -0.39 is 5.41 Å². The highest BCUT2D eigenvalue weighted by Crippen LogP contribution is 2.95. The zero-order valence-electron chi connectivity index (χ0n) is 36.1. The van der Waals surface area contributed by atoms with Crippen LogP contribution in [-0.2, 0) is 25.8 Å². The summed E-state index contributed by atoms with van der Waals surface area (Å²) in [4.78, 5) is 13.3. The maximum absolute atomic E-state index is 13.3. The standard InChI is InChI=1S/C56H48O6/c1-58-30-19-31(59-2)52(61-4)53(62-5)49(30)54(18-6-7-32(57)60-3)55-28-16-17-29-27-15-13-25-23-11-9-21-20-8-10-22-24-12-14-26(28)39-37(24)42-35(22)33(20)41-34(21)36(23)43-38(25)40(27)51(56(29,54)55)48-46(43)44(41)45(42)47(48)50(39)55/h8,10,19-23,28-29,33,35H,6-7,9,11-18H2,1-5H3. The molecule has 2 spiro atoms. The van der Waals surface area contributed by atoms with Crippen molar-refractivity contribution in [2.75, 3.05) is 35.5 Å². The largest absolute Gasteiger partial charge is 0.496 e. The Hall–Kier alpha value is -4.97. The van der Waals surface area contributed by atoms with E-state index in [9.17, 15) is 4.79 Å². The molecule has 0 bridgehead atoms. The first-order valence-electron chi connectivity index (χ1n) is 24.1. The molecule has 2 fully saturated rings. The molecule has 6 nitrogen and oxygen atoms in total. The Kier molecular flexibility index (Phi) is 4.98. The van der Waals surface area contributed by atoms with Crippen molar-refractivity contribution in [3.8, 4) is 45.3 Å². The van der Waals surface area contributed by atoms with Crippen LogP contribution < -0.4 is 39.8 Å². The van der Waals surface area contributed by atoms with Crippen LogP contribution in [0.25, 0.3) is 55.3 Å². The molecule has 18 rings (SSSR count). The number of hydrogen-bond acceptors (Lipinski definition) is 6. The number of methoxy groups -OCH3 is 5. The maximum atomic E-state index is 13.3. The fraction of sp³-hybridized carbons (Fsp3) is 0.482. The smallest absolute Gasteiger partial charge is 0.305 e. The van der Waals surface area contributed by atoms with Crippen LogP contribution in [0.4, 0.5) is 0 Å². The minimum Gasteiger partial charge on any atom is -0.496 e. The summed E-state index contributed by atoms with van der Waals surface area (Å²) in [7, 11) is 8.66. The summed E-state index contributed by atoms with van der Waals surface area (Å²) in [5.41, 5.74) is 24.8. The van der Waals surface area contributed by atoms with Crippen LogP contribution in [-0.4, -0.2) is 41.5 Å². The Labute approximate surface area is 359 Å². The highest BCUT2D eigenvalue weighted by atomic mass is 16.5. The van der Waals surface area contributed by atoms with Gasteiger partial charge in [0.2, 0.25) is 5.75 Å². The lowest BCUT2D eigenvalue weighted by Gasteiger charge is -2.43. The third kappa shape index (κ3) is 2.53. The molecule has 0 amide bonds. The zero-order valence-corrected chi connectivity index (χ0v) is 36.1. The molecule has 0 saturated heterocycles. The Morgan fingerprint density at radius 1 is 0.613 bits per heavy atom. The lowest BCUT2D eigenvalue weighted by Crippen LogP contribution is -2.42. The van der Waals surface area contributed by atoms with Gasteiger partial charge < -0.3 is 23.7 Å². The second-order valence-electron chi connectivity index (χ2n) is 21.9. The van der Waals surface area contributed by atoms with Crippen LogP contribution in [0.1, 0.15) is 133 Å². The third-order valence-electron chi connectivity index (χ3n) is 21.6. The second-order valence-corrected chi connectivity index (χ2v) is 21.9. The summed E-state index contributed by atoms with van der Waals surface area (Å²) in [6.45, 7) is 0. The number of hydrogen-bond donors (Lipinski definition) is 0. The van der Waals surface area contributed by atoms with Crippen LogP contribution in [0.15, 0.2) is 18.2 Å². The zero-order chi connectivity index (χ0) is 40.6. The molecule has 0 radical (unpaired) electrons. The Morgan fingerprint density at radius 2 is 1.34 bits per heavy atom. The van der Waals surface area contributed by atoms with Gasteiger partial charge in [0.15, 0.2) is 11.5 Å². The molecular weight excluding hydrogens is 769 g/mol. The minimum absolute atomic E-state index is 0.131. The number of benzene rings is 4. The first-order chi connectivity index (χ1) is 30.5. The molecule has 0 heterocycles. The monoisotopic (exact) mass is 816 g/mol. The van der Waals surface area contributed by atoms with E-state index in [1.165, 1.54) is 44.9 Å². The Balaban J connectivity index is 1.12. The van der Waals surface area contributed by atoms with Crippen molar-refractivity contribution in [1.29, 1.82) is 0 Å². The van der Waals surface area contributed by atoms with Gasteiger partial charge in [0.25, 0.3) is 0 Å². The lowest BCUT2D eigenvalue weighted by atomic mass is 9.59. The third-order valence-corrected chi connectivity index (χ3v) is 21.6. The van der Waals surface area contributed by atoms with Crippen LogP contribution in [0.2, 0.25) is 0 Å². The Bertz CT molecular complexity index is 3480. The SMILES string of the molecule is COC(=O)CCCC1(c2c(OC)cc(OC)c(OC)c2OC)C23c4c5c6c7c8c4=C4CCC=8C8C=CC9C%10CCC%11C%12=c%13c%14c(c-5c5c-6c(c%10c%11c%135)C9C78)C12C(CCC43)C=%14CC%12. The summed E-state index contributed by atoms with van der Waals surface area (Å²) in [6, 6.07) is 2.09. The van der Waals surface area contributed by atoms with Gasteiger partial charge in [-0.15, -0.1) is 0 Å². The number of ether oxygens (including phenoxy) is 5. The highest BCUT2D eigenvalue weighted by molar-refractivity contribution is 6.25. The highest BCUT2D eigenvalue weighted by Gasteiger charge is 2.97. The fourth-order valence-corrected chi connectivity index (χ4v) is 21.2. The van der Waals surface area contributed by atoms with Crippen LogP contribution >= 0.6 is 0 Å². The molecule has 11 atom stereocenters. The molecule has 0 N–H and O–H groups in total. The lowest BCUT2D eigenvalue weighted by molar-refractivity contribution is -0.140. The van der Waals surface area contributed by atoms with Crippen molar-refractivity contribution in [1.82, 2.24) is 0 Å². The summed E-state index contributed by atoms with van der Waals surface area (Å²) < 4.78 is 31.3. The molecule has 6 heteroatoms. The van der Waals surface area contributed by atoms with Gasteiger partial charge in [0, 0.05) is 52.0 Å². The maximum Gasteiger partial charge on any atom is 0.305 e. The predicted molar refractivity (Wildman–Crippen MR) is 235 cm³/mol. The number of esters is 1. The summed E-state index contributed by atoms with van der Waals surface area (Å²) >= 11 is 0. The van der Waals surface area contributed by atoms with Crippen LogP contribution in [0, 0.1) is 23.7 Å². The van der Waals surface area contributed by atoms with E-state index in [2.05, 4.69) is 18.2 Å². The van der Waals surface area contributed by atoms with Gasteiger partial charge in [-0.3, -0.25) is 4.79 Å². The van der Waals surface area contributed by atoms with Crippen molar-refractivity contribution >= 4 is 39.0 Å². The Morgan fingerprint density at radius 3 is 2.08 bits per heavy atom. The molecule has 4 aromatic carbocycles. The van der Waals surface area contributed by atoms with Crippen molar-refractivity contribution in [3.05, 3.63) is 78.0 Å². The molecule has 14 aliphatic rings. The van der Waals surface area contributed by atoms with Gasteiger partial charge >= 0.3 is 5.97 Å². The molecule has 0 aliphatic heterocycles. The molecule has 4 aromatic rings. The van der Waals surface area contributed by atoms with E-state index in [1.807, 2.05) is 25.3 Å². The fourth-order valence-electron chi connectivity index (χ4n) is 21.2. The molecule has 11 unspecified atom stereocenters. The van der Waals surface area contributed by atoms with Crippen molar-refractivity contribution < 1.29 is 28.5 Å². The van der Waals surface area contributed by atoms with E-state index in [4.69, 9.17) is 23.7 Å². The number of carbonyl (C=O) groups is 1. The van der Waals surface area contributed by atoms with Gasteiger partial charge in [-0.2, -0.15) is 0 Å². The van der Waals surface area contributed by atoms with Gasteiger partial charge in [0.1, 0.15) is 5.75 Å². The summed E-state index contributed by atoms with van der Waals surface area (Å²) in [5.74, 6) is 7.06. The van der Waals surface area contributed by atoms with E-state index in [0.29, 0.717) is 65.3 Å². The first-order valence-corrected chi connectivity index (χ1v) is 24.1. The van der Waals surface area contributed by atoms with Gasteiger partial charge in [0.05, 0.1) is 35.5 Å². The number of fused-ring (bicyclic) bond motifs is 5. The number of carbonyl (C=O) groups excluding carboxylic acids is 1. The van der Waals surface area contributed by atoms with Crippen molar-refractivity contribution in [2.24, 2.45) is 23.7 Å². The topological polar surface area (TPSA) is 63.2 Å².